The molecule has 3 nitrogen and oxygen atoms in total. The standard InChI is InChI=1S/C14H18N2O/c1-14(2,10-17)8-12-9-15-16-13(12)11-6-4-3-5-7-11/h3-7,9,17H,8,10H2,1-2H3,(H,15,16). The molecular weight excluding hydrogens is 212 g/mol. The number of aliphatic hydroxyl groups excluding tert-OH is 1. The SMILES string of the molecule is CC(C)(CO)Cc1cn[nH]c1-c1ccccc1. The van der Waals surface area contributed by atoms with Crippen LogP contribution in [-0.4, -0.2) is 21.9 Å². The van der Waals surface area contributed by atoms with Gasteiger partial charge in [-0.1, -0.05) is 44.2 Å². The number of H-pyrrole nitrogens is 1. The number of rotatable bonds is 4. The summed E-state index contributed by atoms with van der Waals surface area (Å²) in [5.41, 5.74) is 3.21. The monoisotopic (exact) mass is 230 g/mol. The fourth-order valence-electron chi connectivity index (χ4n) is 1.87. The zero-order valence-electron chi connectivity index (χ0n) is 10.3. The Balaban J connectivity index is 2.30. The van der Waals surface area contributed by atoms with Crippen LogP contribution in [0, 0.1) is 5.41 Å². The summed E-state index contributed by atoms with van der Waals surface area (Å²) in [5, 5.41) is 16.5. The van der Waals surface area contributed by atoms with Crippen molar-refractivity contribution in [2.75, 3.05) is 6.61 Å². The van der Waals surface area contributed by atoms with Gasteiger partial charge in [-0.3, -0.25) is 5.10 Å². The molecule has 0 saturated heterocycles. The van der Waals surface area contributed by atoms with Gasteiger partial charge in [-0.15, -0.1) is 0 Å². The van der Waals surface area contributed by atoms with Crippen LogP contribution in [0.3, 0.4) is 0 Å². The quantitative estimate of drug-likeness (QED) is 0.848. The minimum Gasteiger partial charge on any atom is -0.396 e. The number of aromatic nitrogens is 2. The summed E-state index contributed by atoms with van der Waals surface area (Å²) in [5.74, 6) is 0. The lowest BCUT2D eigenvalue weighted by molar-refractivity contribution is 0.160. The predicted molar refractivity (Wildman–Crippen MR) is 68.6 cm³/mol. The molecule has 0 spiro atoms. The Bertz CT molecular complexity index is 474. The summed E-state index contributed by atoms with van der Waals surface area (Å²) in [6.45, 7) is 4.27. The van der Waals surface area contributed by atoms with Crippen LogP contribution in [0.1, 0.15) is 19.4 Å². The number of benzene rings is 1. The van der Waals surface area contributed by atoms with Crippen LogP contribution in [-0.2, 0) is 6.42 Å². The number of aromatic amines is 1. The average Bonchev–Trinajstić information content (AvgIpc) is 2.77. The third-order valence-electron chi connectivity index (χ3n) is 2.88. The molecule has 1 aromatic carbocycles. The number of aliphatic hydroxyl groups is 1. The molecule has 0 atom stereocenters. The van der Waals surface area contributed by atoms with Gasteiger partial charge in [-0.2, -0.15) is 5.10 Å². The van der Waals surface area contributed by atoms with Gasteiger partial charge in [0.25, 0.3) is 0 Å². The lowest BCUT2D eigenvalue weighted by Crippen LogP contribution is -2.19. The highest BCUT2D eigenvalue weighted by Crippen LogP contribution is 2.27. The maximum atomic E-state index is 9.32. The van der Waals surface area contributed by atoms with Gasteiger partial charge in [-0.05, 0) is 23.0 Å². The van der Waals surface area contributed by atoms with E-state index in [1.807, 2.05) is 24.4 Å². The highest BCUT2D eigenvalue weighted by molar-refractivity contribution is 5.62. The molecule has 3 heteroatoms. The number of hydrogen-bond donors (Lipinski definition) is 2. The molecule has 0 aliphatic carbocycles. The van der Waals surface area contributed by atoms with Crippen molar-refractivity contribution in [1.82, 2.24) is 10.2 Å². The Morgan fingerprint density at radius 1 is 1.24 bits per heavy atom. The van der Waals surface area contributed by atoms with Gasteiger partial charge in [0, 0.05) is 6.61 Å². The molecule has 90 valence electrons. The van der Waals surface area contributed by atoms with E-state index in [2.05, 4.69) is 36.2 Å². The largest absolute Gasteiger partial charge is 0.396 e. The van der Waals surface area contributed by atoms with E-state index in [4.69, 9.17) is 0 Å². The predicted octanol–water partition coefficient (Wildman–Crippen LogP) is 2.64. The molecule has 2 N–H and O–H groups in total. The second-order valence-electron chi connectivity index (χ2n) is 5.14. The summed E-state index contributed by atoms with van der Waals surface area (Å²) < 4.78 is 0. The molecule has 0 aliphatic rings. The molecule has 0 radical (unpaired) electrons. The average molecular weight is 230 g/mol. The summed E-state index contributed by atoms with van der Waals surface area (Å²) in [6, 6.07) is 10.1. The van der Waals surface area contributed by atoms with Crippen molar-refractivity contribution in [2.24, 2.45) is 5.41 Å². The first-order valence-electron chi connectivity index (χ1n) is 5.81. The van der Waals surface area contributed by atoms with Crippen LogP contribution in [0.4, 0.5) is 0 Å². The third kappa shape index (κ3) is 2.74. The molecule has 1 aromatic heterocycles. The number of nitrogens with one attached hydrogen (secondary N) is 1. The first-order chi connectivity index (χ1) is 8.12. The Labute approximate surface area is 102 Å². The summed E-state index contributed by atoms with van der Waals surface area (Å²) >= 11 is 0. The van der Waals surface area contributed by atoms with E-state index in [-0.39, 0.29) is 12.0 Å². The maximum Gasteiger partial charge on any atom is 0.0682 e. The molecule has 1 heterocycles. The van der Waals surface area contributed by atoms with E-state index in [1.54, 1.807) is 0 Å². The Hall–Kier alpha value is -1.61. The number of hydrogen-bond acceptors (Lipinski definition) is 2. The first-order valence-corrected chi connectivity index (χ1v) is 5.81. The van der Waals surface area contributed by atoms with E-state index in [0.29, 0.717) is 0 Å². The molecule has 0 bridgehead atoms. The zero-order chi connectivity index (χ0) is 12.3. The Morgan fingerprint density at radius 3 is 2.59 bits per heavy atom. The third-order valence-corrected chi connectivity index (χ3v) is 2.88. The normalized spacial score (nSPS) is 11.7. The van der Waals surface area contributed by atoms with Crippen LogP contribution >= 0.6 is 0 Å². The van der Waals surface area contributed by atoms with Crippen LogP contribution in [0.15, 0.2) is 36.5 Å². The number of nitrogens with zero attached hydrogens (tertiary/aromatic N) is 1. The van der Waals surface area contributed by atoms with E-state index < -0.39 is 0 Å². The van der Waals surface area contributed by atoms with E-state index in [0.717, 1.165) is 23.2 Å². The fourth-order valence-corrected chi connectivity index (χ4v) is 1.87. The van der Waals surface area contributed by atoms with E-state index in [9.17, 15) is 5.11 Å². The molecule has 0 unspecified atom stereocenters. The second kappa shape index (κ2) is 4.72. The van der Waals surface area contributed by atoms with Crippen molar-refractivity contribution >= 4 is 0 Å². The molecular formula is C14H18N2O. The highest BCUT2D eigenvalue weighted by Gasteiger charge is 2.20. The van der Waals surface area contributed by atoms with Crippen molar-refractivity contribution in [1.29, 1.82) is 0 Å². The Morgan fingerprint density at radius 2 is 1.94 bits per heavy atom. The maximum absolute atomic E-state index is 9.32. The van der Waals surface area contributed by atoms with Gasteiger partial charge in [-0.25, -0.2) is 0 Å². The molecule has 0 saturated carbocycles. The zero-order valence-corrected chi connectivity index (χ0v) is 10.3. The van der Waals surface area contributed by atoms with Crippen molar-refractivity contribution in [2.45, 2.75) is 20.3 Å². The van der Waals surface area contributed by atoms with Gasteiger partial charge in [0.1, 0.15) is 0 Å². The van der Waals surface area contributed by atoms with Crippen LogP contribution in [0.2, 0.25) is 0 Å². The van der Waals surface area contributed by atoms with Gasteiger partial charge in [0.15, 0.2) is 0 Å². The Kier molecular flexibility index (Phi) is 3.29. The van der Waals surface area contributed by atoms with E-state index >= 15 is 0 Å². The van der Waals surface area contributed by atoms with Crippen molar-refractivity contribution < 1.29 is 5.11 Å². The van der Waals surface area contributed by atoms with Crippen molar-refractivity contribution in [3.05, 3.63) is 42.1 Å². The minimum atomic E-state index is -0.118. The van der Waals surface area contributed by atoms with Gasteiger partial charge >= 0.3 is 0 Å². The topological polar surface area (TPSA) is 48.9 Å². The van der Waals surface area contributed by atoms with Gasteiger partial charge in [0.05, 0.1) is 11.9 Å². The van der Waals surface area contributed by atoms with Crippen molar-refractivity contribution in [3.63, 3.8) is 0 Å². The molecule has 17 heavy (non-hydrogen) atoms. The smallest absolute Gasteiger partial charge is 0.0682 e. The second-order valence-corrected chi connectivity index (χ2v) is 5.14. The molecule has 0 amide bonds. The van der Waals surface area contributed by atoms with Crippen molar-refractivity contribution in [3.8, 4) is 11.3 Å². The fraction of sp³-hybridized carbons (Fsp3) is 0.357. The van der Waals surface area contributed by atoms with Gasteiger partial charge in [0.2, 0.25) is 0 Å². The van der Waals surface area contributed by atoms with Crippen LogP contribution < -0.4 is 0 Å². The summed E-state index contributed by atoms with van der Waals surface area (Å²) in [4.78, 5) is 0. The van der Waals surface area contributed by atoms with E-state index in [1.165, 1.54) is 0 Å². The molecule has 0 aliphatic heterocycles. The van der Waals surface area contributed by atoms with Gasteiger partial charge < -0.3 is 5.11 Å². The molecule has 0 fully saturated rings. The molecule has 2 rings (SSSR count). The summed E-state index contributed by atoms with van der Waals surface area (Å²) in [7, 11) is 0. The minimum absolute atomic E-state index is 0.118. The molecule has 2 aromatic rings. The van der Waals surface area contributed by atoms with Crippen LogP contribution in [0.5, 0.6) is 0 Å². The first kappa shape index (κ1) is 11.9. The van der Waals surface area contributed by atoms with Crippen LogP contribution in [0.25, 0.3) is 11.3 Å². The highest BCUT2D eigenvalue weighted by atomic mass is 16.3. The summed E-state index contributed by atoms with van der Waals surface area (Å²) in [6.07, 6.45) is 2.66. The lowest BCUT2D eigenvalue weighted by Gasteiger charge is -2.21. The lowest BCUT2D eigenvalue weighted by atomic mass is 9.86.